The van der Waals surface area contributed by atoms with E-state index in [4.69, 9.17) is 11.6 Å². The van der Waals surface area contributed by atoms with Gasteiger partial charge in [0.05, 0.1) is 5.88 Å². The Morgan fingerprint density at radius 3 is 2.88 bits per heavy atom. The summed E-state index contributed by atoms with van der Waals surface area (Å²) >= 11 is 6.99. The van der Waals surface area contributed by atoms with E-state index < -0.39 is 10.0 Å². The fourth-order valence-electron chi connectivity index (χ4n) is 2.22. The third-order valence-corrected chi connectivity index (χ3v) is 7.08. The number of rotatable bonds is 4. The fraction of sp³-hybridized carbons (Fsp3) is 0.636. The molecule has 0 aliphatic carbocycles. The molecule has 1 atom stereocenters. The predicted octanol–water partition coefficient (Wildman–Crippen LogP) is 3.05. The van der Waals surface area contributed by atoms with Gasteiger partial charge in [-0.2, -0.15) is 4.31 Å². The number of hydrogen-bond acceptors (Lipinski definition) is 3. The van der Waals surface area contributed by atoms with Gasteiger partial charge >= 0.3 is 0 Å². The molecule has 1 aromatic heterocycles. The molecule has 1 aromatic rings. The summed E-state index contributed by atoms with van der Waals surface area (Å²) in [4.78, 5) is 0.900. The van der Waals surface area contributed by atoms with Crippen molar-refractivity contribution in [1.29, 1.82) is 0 Å². The zero-order chi connectivity index (χ0) is 12.5. The Bertz CT molecular complexity index is 483. The van der Waals surface area contributed by atoms with Crippen molar-refractivity contribution in [1.82, 2.24) is 4.31 Å². The average Bonchev–Trinajstić information content (AvgIpc) is 2.97. The predicted molar refractivity (Wildman–Crippen MR) is 71.1 cm³/mol. The van der Waals surface area contributed by atoms with E-state index in [0.717, 1.165) is 24.1 Å². The van der Waals surface area contributed by atoms with E-state index in [2.05, 4.69) is 0 Å². The van der Waals surface area contributed by atoms with Gasteiger partial charge in [-0.1, -0.05) is 6.92 Å². The molecule has 1 aliphatic rings. The number of halogens is 1. The van der Waals surface area contributed by atoms with Gasteiger partial charge in [0.2, 0.25) is 0 Å². The topological polar surface area (TPSA) is 37.4 Å². The monoisotopic (exact) mass is 293 g/mol. The highest BCUT2D eigenvalue weighted by Crippen LogP contribution is 2.31. The summed E-state index contributed by atoms with van der Waals surface area (Å²) in [5.74, 6) is 0.372. The maximum Gasteiger partial charge on any atom is 0.252 e. The third kappa shape index (κ3) is 2.52. The Morgan fingerprint density at radius 1 is 1.53 bits per heavy atom. The average molecular weight is 294 g/mol. The first kappa shape index (κ1) is 13.3. The Kier molecular flexibility index (Phi) is 4.13. The molecule has 1 unspecified atom stereocenters. The minimum absolute atomic E-state index is 0.168. The molecule has 96 valence electrons. The third-order valence-electron chi connectivity index (χ3n) is 3.13. The van der Waals surface area contributed by atoms with Crippen LogP contribution in [0.2, 0.25) is 0 Å². The first-order valence-electron chi connectivity index (χ1n) is 5.76. The molecule has 17 heavy (non-hydrogen) atoms. The highest BCUT2D eigenvalue weighted by molar-refractivity contribution is 7.91. The van der Waals surface area contributed by atoms with Crippen LogP contribution in [0.5, 0.6) is 0 Å². The number of hydrogen-bond donors (Lipinski definition) is 0. The number of sulfonamides is 1. The van der Waals surface area contributed by atoms with Crippen molar-refractivity contribution >= 4 is 33.0 Å². The van der Waals surface area contributed by atoms with E-state index in [1.54, 1.807) is 16.4 Å². The fourth-order valence-corrected chi connectivity index (χ4v) is 5.57. The summed E-state index contributed by atoms with van der Waals surface area (Å²) in [7, 11) is -3.30. The largest absolute Gasteiger partial charge is 0.252 e. The second-order valence-corrected chi connectivity index (χ2v) is 7.73. The van der Waals surface area contributed by atoms with Gasteiger partial charge in [0.15, 0.2) is 0 Å². The van der Waals surface area contributed by atoms with Crippen LogP contribution >= 0.6 is 22.9 Å². The number of thiophene rings is 1. The van der Waals surface area contributed by atoms with Crippen LogP contribution in [-0.4, -0.2) is 25.3 Å². The molecule has 0 saturated carbocycles. The molecule has 2 heterocycles. The van der Waals surface area contributed by atoms with E-state index in [9.17, 15) is 8.42 Å². The number of nitrogens with zero attached hydrogens (tertiary/aromatic N) is 1. The molecular formula is C11H16ClNO2S2. The molecule has 1 saturated heterocycles. The highest BCUT2D eigenvalue weighted by atomic mass is 35.5. The zero-order valence-electron chi connectivity index (χ0n) is 9.73. The van der Waals surface area contributed by atoms with Gasteiger partial charge in [0.25, 0.3) is 10.0 Å². The van der Waals surface area contributed by atoms with Gasteiger partial charge in [-0.25, -0.2) is 8.42 Å². The van der Waals surface area contributed by atoms with Crippen molar-refractivity contribution in [3.05, 3.63) is 17.0 Å². The molecule has 1 aliphatic heterocycles. The van der Waals surface area contributed by atoms with Crippen LogP contribution in [0.15, 0.2) is 16.3 Å². The molecule has 0 bridgehead atoms. The van der Waals surface area contributed by atoms with Gasteiger partial charge < -0.3 is 0 Å². The van der Waals surface area contributed by atoms with E-state index in [-0.39, 0.29) is 6.04 Å². The minimum Gasteiger partial charge on any atom is -0.206 e. The van der Waals surface area contributed by atoms with Crippen molar-refractivity contribution in [2.75, 3.05) is 6.54 Å². The van der Waals surface area contributed by atoms with Crippen LogP contribution in [-0.2, 0) is 15.9 Å². The van der Waals surface area contributed by atoms with Gasteiger partial charge in [-0.3, -0.25) is 0 Å². The normalized spacial score (nSPS) is 22.1. The Hall–Kier alpha value is -0.100. The molecule has 0 spiro atoms. The van der Waals surface area contributed by atoms with Gasteiger partial charge in [0, 0.05) is 17.5 Å². The lowest BCUT2D eigenvalue weighted by Crippen LogP contribution is -2.34. The lowest BCUT2D eigenvalue weighted by Gasteiger charge is -2.21. The quantitative estimate of drug-likeness (QED) is 0.800. The van der Waals surface area contributed by atoms with E-state index in [1.807, 2.05) is 6.92 Å². The smallest absolute Gasteiger partial charge is 0.206 e. The highest BCUT2D eigenvalue weighted by Gasteiger charge is 2.34. The lowest BCUT2D eigenvalue weighted by atomic mass is 10.2. The summed E-state index contributed by atoms with van der Waals surface area (Å²) in [5, 5.41) is 0. The van der Waals surface area contributed by atoms with Crippen LogP contribution in [0.25, 0.3) is 0 Å². The van der Waals surface area contributed by atoms with Crippen LogP contribution in [0, 0.1) is 0 Å². The summed E-state index contributed by atoms with van der Waals surface area (Å²) in [5.41, 5.74) is 0. The first-order chi connectivity index (χ1) is 8.09. The van der Waals surface area contributed by atoms with Crippen molar-refractivity contribution in [3.8, 4) is 0 Å². The van der Waals surface area contributed by atoms with Crippen molar-refractivity contribution in [3.63, 3.8) is 0 Å². The summed E-state index contributed by atoms with van der Waals surface area (Å²) < 4.78 is 26.9. The Balaban J connectivity index is 2.29. The van der Waals surface area contributed by atoms with E-state index in [1.165, 1.54) is 11.3 Å². The zero-order valence-corrected chi connectivity index (χ0v) is 12.1. The first-order valence-corrected chi connectivity index (χ1v) is 8.55. The lowest BCUT2D eigenvalue weighted by molar-refractivity contribution is 0.380. The molecule has 2 rings (SSSR count). The standard InChI is InChI=1S/C11H16ClNO2S2/c1-2-9-4-3-7-13(9)17(14,15)11-6-5-10(8-12)16-11/h5-6,9H,2-4,7-8H2,1H3. The van der Waals surface area contributed by atoms with Crippen molar-refractivity contribution < 1.29 is 8.42 Å². The van der Waals surface area contributed by atoms with Gasteiger partial charge in [-0.05, 0) is 31.4 Å². The summed E-state index contributed by atoms with van der Waals surface area (Å²) in [6, 6.07) is 3.63. The van der Waals surface area contributed by atoms with Crippen molar-refractivity contribution in [2.24, 2.45) is 0 Å². The van der Waals surface area contributed by atoms with E-state index in [0.29, 0.717) is 16.6 Å². The molecule has 0 aromatic carbocycles. The van der Waals surface area contributed by atoms with Crippen LogP contribution < -0.4 is 0 Å². The molecular weight excluding hydrogens is 278 g/mol. The van der Waals surface area contributed by atoms with Crippen LogP contribution in [0.4, 0.5) is 0 Å². The molecule has 3 nitrogen and oxygen atoms in total. The van der Waals surface area contributed by atoms with Gasteiger partial charge in [-0.15, -0.1) is 22.9 Å². The molecule has 0 N–H and O–H groups in total. The van der Waals surface area contributed by atoms with E-state index >= 15 is 0 Å². The maximum absolute atomic E-state index is 12.4. The summed E-state index contributed by atoms with van der Waals surface area (Å²) in [6.07, 6.45) is 2.82. The van der Waals surface area contributed by atoms with Crippen LogP contribution in [0.3, 0.4) is 0 Å². The maximum atomic E-state index is 12.4. The Labute approximate surface area is 111 Å². The second kappa shape index (κ2) is 5.26. The number of alkyl halides is 1. The Morgan fingerprint density at radius 2 is 2.29 bits per heavy atom. The minimum atomic E-state index is -3.30. The SMILES string of the molecule is CCC1CCCN1S(=O)(=O)c1ccc(CCl)s1. The second-order valence-electron chi connectivity index (χ2n) is 4.17. The molecule has 0 radical (unpaired) electrons. The molecule has 6 heteroatoms. The van der Waals surface area contributed by atoms with Crippen LogP contribution in [0.1, 0.15) is 31.1 Å². The van der Waals surface area contributed by atoms with Crippen molar-refractivity contribution in [2.45, 2.75) is 42.3 Å². The molecule has 0 amide bonds. The molecule has 1 fully saturated rings. The van der Waals surface area contributed by atoms with Gasteiger partial charge in [0.1, 0.15) is 4.21 Å². The summed E-state index contributed by atoms with van der Waals surface area (Å²) in [6.45, 7) is 2.69.